The zero-order chi connectivity index (χ0) is 16.5. The third kappa shape index (κ3) is 4.17. The third-order valence-electron chi connectivity index (χ3n) is 3.32. The Morgan fingerprint density at radius 3 is 2.48 bits per heavy atom. The highest BCUT2D eigenvalue weighted by molar-refractivity contribution is 6.17. The van der Waals surface area contributed by atoms with Gasteiger partial charge in [-0.3, -0.25) is 4.90 Å². The molecule has 0 radical (unpaired) electrons. The maximum absolute atomic E-state index is 13.8. The molecule has 124 valence electrons. The SMILES string of the molecule is COC(O)C1(CCCl)CC(F)(F)CN1C(=O)OC(C)(C)C. The summed E-state index contributed by atoms with van der Waals surface area (Å²) in [6.07, 6.45) is -3.24. The van der Waals surface area contributed by atoms with Crippen LogP contribution in [0.4, 0.5) is 13.6 Å². The molecule has 2 atom stereocenters. The van der Waals surface area contributed by atoms with Gasteiger partial charge < -0.3 is 14.6 Å². The quantitative estimate of drug-likeness (QED) is 0.636. The molecule has 0 saturated carbocycles. The Hall–Kier alpha value is -0.660. The van der Waals surface area contributed by atoms with E-state index in [1.165, 1.54) is 7.11 Å². The van der Waals surface area contributed by atoms with Crippen molar-refractivity contribution in [1.29, 1.82) is 0 Å². The Morgan fingerprint density at radius 2 is 2.05 bits per heavy atom. The number of likely N-dealkylation sites (tertiary alicyclic amines) is 1. The fourth-order valence-electron chi connectivity index (χ4n) is 2.50. The maximum Gasteiger partial charge on any atom is 0.411 e. The van der Waals surface area contributed by atoms with Crippen LogP contribution >= 0.6 is 11.6 Å². The van der Waals surface area contributed by atoms with Crippen molar-refractivity contribution in [2.24, 2.45) is 0 Å². The highest BCUT2D eigenvalue weighted by atomic mass is 35.5. The van der Waals surface area contributed by atoms with E-state index in [4.69, 9.17) is 21.1 Å². The van der Waals surface area contributed by atoms with Crippen molar-refractivity contribution in [3.05, 3.63) is 0 Å². The zero-order valence-corrected chi connectivity index (χ0v) is 13.4. The van der Waals surface area contributed by atoms with Gasteiger partial charge in [0.15, 0.2) is 6.29 Å². The van der Waals surface area contributed by atoms with E-state index in [9.17, 15) is 18.7 Å². The molecule has 0 bridgehead atoms. The molecule has 0 spiro atoms. The first-order chi connectivity index (χ1) is 9.47. The highest BCUT2D eigenvalue weighted by Crippen LogP contribution is 2.44. The van der Waals surface area contributed by atoms with E-state index in [1.807, 2.05) is 0 Å². The molecule has 8 heteroatoms. The van der Waals surface area contributed by atoms with Gasteiger partial charge >= 0.3 is 6.09 Å². The number of carbonyl (C=O) groups is 1. The molecule has 0 aromatic rings. The first-order valence-electron chi connectivity index (χ1n) is 6.63. The van der Waals surface area contributed by atoms with Gasteiger partial charge in [0.05, 0.1) is 6.54 Å². The number of amides is 1. The van der Waals surface area contributed by atoms with Crippen LogP contribution in [-0.4, -0.2) is 59.0 Å². The molecule has 1 saturated heterocycles. The third-order valence-corrected chi connectivity index (χ3v) is 3.50. The molecule has 5 nitrogen and oxygen atoms in total. The van der Waals surface area contributed by atoms with Crippen molar-refractivity contribution in [1.82, 2.24) is 4.90 Å². The van der Waals surface area contributed by atoms with Gasteiger partial charge in [-0.25, -0.2) is 13.6 Å². The summed E-state index contributed by atoms with van der Waals surface area (Å²) in [4.78, 5) is 13.1. The number of rotatable bonds is 4. The van der Waals surface area contributed by atoms with Crippen molar-refractivity contribution in [3.8, 4) is 0 Å². The number of methoxy groups -OCH3 is 1. The van der Waals surface area contributed by atoms with Gasteiger partial charge in [0.25, 0.3) is 5.92 Å². The Balaban J connectivity index is 3.14. The Kier molecular flexibility index (Phi) is 5.45. The molecule has 1 fully saturated rings. The molecule has 0 aliphatic carbocycles. The van der Waals surface area contributed by atoms with Gasteiger partial charge in [-0.15, -0.1) is 11.6 Å². The maximum atomic E-state index is 13.8. The van der Waals surface area contributed by atoms with E-state index in [0.717, 1.165) is 4.90 Å². The van der Waals surface area contributed by atoms with Gasteiger partial charge in [-0.1, -0.05) is 0 Å². The van der Waals surface area contributed by atoms with E-state index < -0.39 is 42.4 Å². The Bertz CT molecular complexity index is 389. The lowest BCUT2D eigenvalue weighted by atomic mass is 9.91. The molecule has 1 rings (SSSR count). The molecule has 1 aliphatic heterocycles. The van der Waals surface area contributed by atoms with Crippen molar-refractivity contribution in [2.75, 3.05) is 19.5 Å². The fraction of sp³-hybridized carbons (Fsp3) is 0.923. The number of carbonyl (C=O) groups excluding carboxylic acids is 1. The van der Waals surface area contributed by atoms with Gasteiger partial charge in [-0.2, -0.15) is 0 Å². The summed E-state index contributed by atoms with van der Waals surface area (Å²) in [6.45, 7) is 4.07. The van der Waals surface area contributed by atoms with Crippen LogP contribution in [0.1, 0.15) is 33.6 Å². The molecule has 1 amide bonds. The van der Waals surface area contributed by atoms with Crippen molar-refractivity contribution < 1.29 is 28.2 Å². The van der Waals surface area contributed by atoms with Crippen molar-refractivity contribution >= 4 is 17.7 Å². The summed E-state index contributed by atoms with van der Waals surface area (Å²) in [7, 11) is 1.18. The predicted molar refractivity (Wildman–Crippen MR) is 73.6 cm³/mol. The molecular weight excluding hydrogens is 308 g/mol. The van der Waals surface area contributed by atoms with Crippen LogP contribution < -0.4 is 0 Å². The van der Waals surface area contributed by atoms with Gasteiger partial charge in [0, 0.05) is 19.4 Å². The lowest BCUT2D eigenvalue weighted by Crippen LogP contribution is -2.57. The van der Waals surface area contributed by atoms with E-state index in [2.05, 4.69) is 0 Å². The van der Waals surface area contributed by atoms with Gasteiger partial charge in [0.1, 0.15) is 11.1 Å². The van der Waals surface area contributed by atoms with Crippen LogP contribution in [0.15, 0.2) is 0 Å². The summed E-state index contributed by atoms with van der Waals surface area (Å²) < 4.78 is 37.7. The van der Waals surface area contributed by atoms with Gasteiger partial charge in [-0.05, 0) is 27.2 Å². The number of hydrogen-bond donors (Lipinski definition) is 1. The summed E-state index contributed by atoms with van der Waals surface area (Å²) in [6, 6.07) is 0. The van der Waals surface area contributed by atoms with E-state index in [-0.39, 0.29) is 12.3 Å². The number of nitrogens with zero attached hydrogens (tertiary/aromatic N) is 1. The molecule has 21 heavy (non-hydrogen) atoms. The Morgan fingerprint density at radius 1 is 1.48 bits per heavy atom. The van der Waals surface area contributed by atoms with E-state index in [0.29, 0.717) is 0 Å². The number of hydrogen-bond acceptors (Lipinski definition) is 4. The highest BCUT2D eigenvalue weighted by Gasteiger charge is 2.60. The second-order valence-electron chi connectivity index (χ2n) is 6.23. The number of alkyl halides is 3. The van der Waals surface area contributed by atoms with Crippen molar-refractivity contribution in [3.63, 3.8) is 0 Å². The minimum atomic E-state index is -3.14. The smallest absolute Gasteiger partial charge is 0.411 e. The normalized spacial score (nSPS) is 26.8. The zero-order valence-electron chi connectivity index (χ0n) is 12.7. The number of ether oxygens (including phenoxy) is 2. The topological polar surface area (TPSA) is 59.0 Å². The average Bonchev–Trinajstić information content (AvgIpc) is 2.59. The monoisotopic (exact) mass is 329 g/mol. The van der Waals surface area contributed by atoms with Crippen molar-refractivity contribution in [2.45, 2.75) is 57.0 Å². The molecule has 1 aliphatic rings. The lowest BCUT2D eigenvalue weighted by molar-refractivity contribution is -0.162. The van der Waals surface area contributed by atoms with Gasteiger partial charge in [0.2, 0.25) is 0 Å². The molecule has 0 aromatic heterocycles. The number of halogens is 3. The second-order valence-corrected chi connectivity index (χ2v) is 6.61. The lowest BCUT2D eigenvalue weighted by Gasteiger charge is -2.40. The molecular formula is C13H22ClF2NO4. The molecule has 0 aromatic carbocycles. The summed E-state index contributed by atoms with van der Waals surface area (Å²) in [5.74, 6) is -3.14. The summed E-state index contributed by atoms with van der Waals surface area (Å²) >= 11 is 5.68. The molecule has 1 N–H and O–H groups in total. The number of aliphatic hydroxyl groups excluding tert-OH is 1. The standard InChI is InChI=1S/C13H22ClF2NO4/c1-11(2,3)21-10(19)17-8-13(15,16)7-12(17,5-6-14)9(18)20-4/h9,18H,5-8H2,1-4H3. The van der Waals surface area contributed by atoms with Crippen LogP contribution in [0, 0.1) is 0 Å². The summed E-state index contributed by atoms with van der Waals surface area (Å²) in [5.41, 5.74) is -2.43. The predicted octanol–water partition coefficient (Wildman–Crippen LogP) is 2.60. The van der Waals surface area contributed by atoms with Crippen LogP contribution in [-0.2, 0) is 9.47 Å². The molecule has 1 heterocycles. The minimum Gasteiger partial charge on any atom is -0.444 e. The first kappa shape index (κ1) is 18.4. The van der Waals surface area contributed by atoms with Crippen LogP contribution in [0.3, 0.4) is 0 Å². The largest absolute Gasteiger partial charge is 0.444 e. The fourth-order valence-corrected chi connectivity index (χ4v) is 2.83. The van der Waals surface area contributed by atoms with E-state index >= 15 is 0 Å². The van der Waals surface area contributed by atoms with Crippen LogP contribution in [0.5, 0.6) is 0 Å². The second kappa shape index (κ2) is 6.22. The van der Waals surface area contributed by atoms with Crippen LogP contribution in [0.25, 0.3) is 0 Å². The average molecular weight is 330 g/mol. The summed E-state index contributed by atoms with van der Waals surface area (Å²) in [5, 5.41) is 10.0. The minimum absolute atomic E-state index is 0.00417. The van der Waals surface area contributed by atoms with E-state index in [1.54, 1.807) is 20.8 Å². The Labute approximate surface area is 128 Å². The van der Waals surface area contributed by atoms with Crippen LogP contribution in [0.2, 0.25) is 0 Å². The first-order valence-corrected chi connectivity index (χ1v) is 7.16. The number of aliphatic hydroxyl groups is 1. The molecule has 2 unspecified atom stereocenters.